The van der Waals surface area contributed by atoms with E-state index in [2.05, 4.69) is 4.99 Å². The lowest BCUT2D eigenvalue weighted by Crippen LogP contribution is -2.41. The van der Waals surface area contributed by atoms with Crippen molar-refractivity contribution in [2.24, 2.45) is 4.99 Å². The normalized spacial score (nSPS) is 15.1. The summed E-state index contributed by atoms with van der Waals surface area (Å²) in [6.07, 6.45) is -0.663. The van der Waals surface area contributed by atoms with Gasteiger partial charge in [0.2, 0.25) is 0 Å². The molecule has 0 unspecified atom stereocenters. The van der Waals surface area contributed by atoms with E-state index in [0.717, 1.165) is 10.5 Å². The van der Waals surface area contributed by atoms with E-state index in [1.54, 1.807) is 20.8 Å². The molecule has 0 spiro atoms. The van der Waals surface area contributed by atoms with Crippen LogP contribution in [0.2, 0.25) is 0 Å². The standard InChI is InChI=1S/C15H18N2O3S/c1-15(2,3)20-14(19)17-12(18)9-16-13(17)21-10-11-7-5-4-6-8-11/h4-8H,9-10H2,1-3H3. The second-order valence-corrected chi connectivity index (χ2v) is 6.53. The van der Waals surface area contributed by atoms with Crippen LogP contribution in [0.4, 0.5) is 4.79 Å². The van der Waals surface area contributed by atoms with Crippen LogP contribution in [-0.4, -0.2) is 34.2 Å². The van der Waals surface area contributed by atoms with E-state index in [9.17, 15) is 9.59 Å². The Kier molecular flexibility index (Phi) is 4.67. The smallest absolute Gasteiger partial charge is 0.423 e. The van der Waals surface area contributed by atoms with Crippen LogP contribution in [0.3, 0.4) is 0 Å². The molecule has 1 aromatic rings. The zero-order valence-electron chi connectivity index (χ0n) is 12.3. The summed E-state index contributed by atoms with van der Waals surface area (Å²) in [5, 5.41) is 0.401. The van der Waals surface area contributed by atoms with Gasteiger partial charge in [-0.05, 0) is 26.3 Å². The molecule has 1 heterocycles. The van der Waals surface area contributed by atoms with Gasteiger partial charge in [0.1, 0.15) is 12.1 Å². The van der Waals surface area contributed by atoms with Crippen LogP contribution in [0.15, 0.2) is 35.3 Å². The van der Waals surface area contributed by atoms with Crippen molar-refractivity contribution < 1.29 is 14.3 Å². The number of rotatable bonds is 2. The van der Waals surface area contributed by atoms with E-state index in [1.807, 2.05) is 30.3 Å². The van der Waals surface area contributed by atoms with Gasteiger partial charge >= 0.3 is 6.09 Å². The maximum absolute atomic E-state index is 12.1. The first kappa shape index (κ1) is 15.6. The molecule has 0 radical (unpaired) electrons. The first-order chi connectivity index (χ1) is 9.87. The second kappa shape index (κ2) is 6.30. The molecule has 5 nitrogen and oxygen atoms in total. The van der Waals surface area contributed by atoms with Crippen LogP contribution < -0.4 is 0 Å². The molecule has 0 saturated carbocycles. The molecule has 2 rings (SSSR count). The number of hydrogen-bond donors (Lipinski definition) is 0. The fourth-order valence-electron chi connectivity index (χ4n) is 1.70. The molecule has 1 aliphatic rings. The minimum Gasteiger partial charge on any atom is -0.443 e. The van der Waals surface area contributed by atoms with Gasteiger partial charge in [-0.15, -0.1) is 0 Å². The van der Waals surface area contributed by atoms with E-state index < -0.39 is 11.7 Å². The average molecular weight is 306 g/mol. The van der Waals surface area contributed by atoms with Crippen molar-refractivity contribution in [3.8, 4) is 0 Å². The van der Waals surface area contributed by atoms with Crippen molar-refractivity contribution in [2.75, 3.05) is 6.54 Å². The van der Waals surface area contributed by atoms with E-state index in [-0.39, 0.29) is 12.5 Å². The molecule has 0 N–H and O–H groups in total. The first-order valence-corrected chi connectivity index (χ1v) is 7.62. The van der Waals surface area contributed by atoms with Gasteiger partial charge in [0.15, 0.2) is 5.17 Å². The maximum Gasteiger partial charge on any atom is 0.423 e. The summed E-state index contributed by atoms with van der Waals surface area (Å²) in [4.78, 5) is 29.0. The topological polar surface area (TPSA) is 59.0 Å². The molecule has 0 saturated heterocycles. The number of imide groups is 1. The molecule has 1 aliphatic heterocycles. The lowest BCUT2D eigenvalue weighted by molar-refractivity contribution is -0.124. The number of aliphatic imine (C=N–C) groups is 1. The van der Waals surface area contributed by atoms with Crippen LogP contribution in [0.25, 0.3) is 0 Å². The monoisotopic (exact) mass is 306 g/mol. The van der Waals surface area contributed by atoms with Gasteiger partial charge in [0.05, 0.1) is 0 Å². The van der Waals surface area contributed by atoms with Crippen LogP contribution in [0.1, 0.15) is 26.3 Å². The molecule has 2 amide bonds. The summed E-state index contributed by atoms with van der Waals surface area (Å²) in [5.41, 5.74) is 0.462. The molecule has 112 valence electrons. The summed E-state index contributed by atoms with van der Waals surface area (Å²) in [6.45, 7) is 5.29. The van der Waals surface area contributed by atoms with Crippen molar-refractivity contribution >= 4 is 28.9 Å². The minimum atomic E-state index is -0.663. The van der Waals surface area contributed by atoms with Crippen molar-refractivity contribution in [2.45, 2.75) is 32.1 Å². The van der Waals surface area contributed by atoms with E-state index in [4.69, 9.17) is 4.74 Å². The Bertz CT molecular complexity index is 564. The Morgan fingerprint density at radius 3 is 2.62 bits per heavy atom. The number of nitrogens with zero attached hydrogens (tertiary/aromatic N) is 2. The largest absolute Gasteiger partial charge is 0.443 e. The van der Waals surface area contributed by atoms with Crippen LogP contribution in [-0.2, 0) is 15.3 Å². The third kappa shape index (κ3) is 4.32. The molecule has 6 heteroatoms. The fraction of sp³-hybridized carbons (Fsp3) is 0.400. The highest BCUT2D eigenvalue weighted by atomic mass is 32.2. The molecule has 0 aromatic heterocycles. The molecule has 0 atom stereocenters. The first-order valence-electron chi connectivity index (χ1n) is 6.64. The number of thioether (sulfide) groups is 1. The highest BCUT2D eigenvalue weighted by Gasteiger charge is 2.35. The number of hydrogen-bond acceptors (Lipinski definition) is 5. The summed E-state index contributed by atoms with van der Waals surface area (Å²) in [6, 6.07) is 9.81. The fourth-order valence-corrected chi connectivity index (χ4v) is 2.65. The summed E-state index contributed by atoms with van der Waals surface area (Å²) in [5.74, 6) is 0.298. The van der Waals surface area contributed by atoms with Crippen molar-refractivity contribution in [1.29, 1.82) is 0 Å². The lowest BCUT2D eigenvalue weighted by Gasteiger charge is -2.23. The van der Waals surface area contributed by atoms with Gasteiger partial charge in [-0.25, -0.2) is 4.79 Å². The highest BCUT2D eigenvalue weighted by molar-refractivity contribution is 8.13. The van der Waals surface area contributed by atoms with Gasteiger partial charge in [-0.3, -0.25) is 9.79 Å². The SMILES string of the molecule is CC(C)(C)OC(=O)N1C(=O)CN=C1SCc1ccccc1. The van der Waals surface area contributed by atoms with E-state index >= 15 is 0 Å². The van der Waals surface area contributed by atoms with Crippen LogP contribution in [0.5, 0.6) is 0 Å². The molecule has 1 aromatic carbocycles. The molecular formula is C15H18N2O3S. The molecule has 21 heavy (non-hydrogen) atoms. The summed E-state index contributed by atoms with van der Waals surface area (Å²) < 4.78 is 5.25. The predicted molar refractivity (Wildman–Crippen MR) is 83.1 cm³/mol. The zero-order chi connectivity index (χ0) is 15.5. The summed E-state index contributed by atoms with van der Waals surface area (Å²) in [7, 11) is 0. The second-order valence-electron chi connectivity index (χ2n) is 5.58. The minimum absolute atomic E-state index is 0.00361. The van der Waals surface area contributed by atoms with Crippen LogP contribution >= 0.6 is 11.8 Å². The Morgan fingerprint density at radius 2 is 2.00 bits per heavy atom. The van der Waals surface area contributed by atoms with E-state index in [1.165, 1.54) is 11.8 Å². The Labute approximate surface area is 128 Å². The average Bonchev–Trinajstić information content (AvgIpc) is 2.77. The maximum atomic E-state index is 12.1. The highest BCUT2D eigenvalue weighted by Crippen LogP contribution is 2.22. The quantitative estimate of drug-likeness (QED) is 0.842. The van der Waals surface area contributed by atoms with Crippen LogP contribution in [0, 0.1) is 0 Å². The predicted octanol–water partition coefficient (Wildman–Crippen LogP) is 3.05. The zero-order valence-corrected chi connectivity index (χ0v) is 13.1. The van der Waals surface area contributed by atoms with Crippen molar-refractivity contribution in [3.63, 3.8) is 0 Å². The summed E-state index contributed by atoms with van der Waals surface area (Å²) >= 11 is 1.36. The van der Waals surface area contributed by atoms with Crippen molar-refractivity contribution in [1.82, 2.24) is 4.90 Å². The Balaban J connectivity index is 2.01. The van der Waals surface area contributed by atoms with Gasteiger partial charge in [0, 0.05) is 5.75 Å². The Morgan fingerprint density at radius 1 is 1.33 bits per heavy atom. The van der Waals surface area contributed by atoms with E-state index in [0.29, 0.717) is 10.9 Å². The van der Waals surface area contributed by atoms with Gasteiger partial charge in [-0.1, -0.05) is 42.1 Å². The molecular weight excluding hydrogens is 288 g/mol. The van der Waals surface area contributed by atoms with Crippen molar-refractivity contribution in [3.05, 3.63) is 35.9 Å². The molecule has 0 aliphatic carbocycles. The number of ether oxygens (including phenoxy) is 1. The lowest BCUT2D eigenvalue weighted by atomic mass is 10.2. The number of benzene rings is 1. The third-order valence-corrected chi connectivity index (χ3v) is 3.62. The number of amidine groups is 1. The van der Waals surface area contributed by atoms with Gasteiger partial charge in [-0.2, -0.15) is 4.90 Å². The molecule has 0 fully saturated rings. The molecule has 0 bridgehead atoms. The van der Waals surface area contributed by atoms with Gasteiger partial charge < -0.3 is 4.74 Å². The third-order valence-electron chi connectivity index (χ3n) is 2.58. The Hall–Kier alpha value is -1.82. The number of amides is 2. The number of carbonyl (C=O) groups is 2. The van der Waals surface area contributed by atoms with Gasteiger partial charge in [0.25, 0.3) is 5.91 Å². The number of carbonyl (C=O) groups excluding carboxylic acids is 2.